The minimum absolute atomic E-state index is 0.173. The summed E-state index contributed by atoms with van der Waals surface area (Å²) in [5, 5.41) is 2.54. The first-order valence-corrected chi connectivity index (χ1v) is 6.78. The maximum Gasteiger partial charge on any atom is 0.324 e. The molecule has 0 aliphatic carbocycles. The zero-order valence-corrected chi connectivity index (χ0v) is 10.4. The van der Waals surface area contributed by atoms with Crippen molar-refractivity contribution in [2.24, 2.45) is 0 Å². The van der Waals surface area contributed by atoms with E-state index in [0.29, 0.717) is 11.4 Å². The zero-order valence-electron chi connectivity index (χ0n) is 9.59. The van der Waals surface area contributed by atoms with E-state index in [1.54, 1.807) is 24.3 Å². The summed E-state index contributed by atoms with van der Waals surface area (Å²) >= 11 is 0. The first kappa shape index (κ1) is 12.4. The van der Waals surface area contributed by atoms with Crippen molar-refractivity contribution in [3.8, 4) is 0 Å². The lowest BCUT2D eigenvalue weighted by Crippen LogP contribution is -2.37. The summed E-state index contributed by atoms with van der Waals surface area (Å²) in [5.41, 5.74) is 1.14. The SMILES string of the molecule is C=CC(=O)NCCN1c2ccccc2NS1(=O)=O. The minimum Gasteiger partial charge on any atom is -0.351 e. The second kappa shape index (κ2) is 4.69. The molecule has 1 aliphatic heterocycles. The van der Waals surface area contributed by atoms with E-state index < -0.39 is 10.2 Å². The number of carbonyl (C=O) groups is 1. The molecule has 0 spiro atoms. The van der Waals surface area contributed by atoms with E-state index in [4.69, 9.17) is 0 Å². The van der Waals surface area contributed by atoms with Gasteiger partial charge in [0, 0.05) is 6.54 Å². The van der Waals surface area contributed by atoms with Gasteiger partial charge >= 0.3 is 10.2 Å². The van der Waals surface area contributed by atoms with Crippen molar-refractivity contribution in [1.29, 1.82) is 0 Å². The molecule has 1 aliphatic rings. The standard InChI is InChI=1S/C11H13N3O3S/c1-2-11(15)12-7-8-14-10-6-4-3-5-9(10)13-18(14,16)17/h2-6,13H,1,7-8H2,(H,12,15). The fraction of sp³-hybridized carbons (Fsp3) is 0.182. The van der Waals surface area contributed by atoms with Crippen molar-refractivity contribution >= 4 is 27.5 Å². The second-order valence-electron chi connectivity index (χ2n) is 3.69. The number of carbonyl (C=O) groups excluding carboxylic acids is 1. The van der Waals surface area contributed by atoms with Crippen LogP contribution in [0, 0.1) is 0 Å². The largest absolute Gasteiger partial charge is 0.351 e. The molecule has 0 radical (unpaired) electrons. The maximum atomic E-state index is 11.8. The molecule has 7 heteroatoms. The van der Waals surface area contributed by atoms with Crippen LogP contribution in [0.25, 0.3) is 0 Å². The van der Waals surface area contributed by atoms with Crippen LogP contribution < -0.4 is 14.3 Å². The molecule has 2 rings (SSSR count). The van der Waals surface area contributed by atoms with Crippen molar-refractivity contribution in [3.05, 3.63) is 36.9 Å². The number of nitrogens with one attached hydrogen (secondary N) is 2. The van der Waals surface area contributed by atoms with Crippen LogP contribution in [-0.2, 0) is 15.0 Å². The Labute approximate surface area is 105 Å². The van der Waals surface area contributed by atoms with Crippen LogP contribution in [0.5, 0.6) is 0 Å². The number of benzene rings is 1. The Hall–Kier alpha value is -2.02. The molecule has 96 valence electrons. The number of anilines is 2. The summed E-state index contributed by atoms with van der Waals surface area (Å²) in [6.07, 6.45) is 1.14. The van der Waals surface area contributed by atoms with Crippen LogP contribution in [0.2, 0.25) is 0 Å². The molecule has 0 saturated heterocycles. The molecule has 0 fully saturated rings. The number of hydrogen-bond donors (Lipinski definition) is 2. The molecule has 1 amide bonds. The van der Waals surface area contributed by atoms with Crippen molar-refractivity contribution in [2.75, 3.05) is 22.1 Å². The van der Waals surface area contributed by atoms with Crippen molar-refractivity contribution in [2.45, 2.75) is 0 Å². The lowest BCUT2D eigenvalue weighted by Gasteiger charge is -2.16. The van der Waals surface area contributed by atoms with E-state index in [1.165, 1.54) is 4.31 Å². The molecule has 1 aromatic rings. The normalized spacial score (nSPS) is 15.7. The summed E-state index contributed by atoms with van der Waals surface area (Å²) in [6.45, 7) is 3.71. The summed E-state index contributed by atoms with van der Waals surface area (Å²) < 4.78 is 27.4. The molecule has 1 aromatic carbocycles. The second-order valence-corrected chi connectivity index (χ2v) is 5.29. The fourth-order valence-electron chi connectivity index (χ4n) is 1.69. The molecule has 0 saturated carbocycles. The molecule has 6 nitrogen and oxygen atoms in total. The van der Waals surface area contributed by atoms with Crippen molar-refractivity contribution in [1.82, 2.24) is 5.32 Å². The smallest absolute Gasteiger partial charge is 0.324 e. The van der Waals surface area contributed by atoms with Gasteiger partial charge in [0.15, 0.2) is 0 Å². The van der Waals surface area contributed by atoms with Gasteiger partial charge in [-0.05, 0) is 18.2 Å². The predicted molar refractivity (Wildman–Crippen MR) is 69.5 cm³/mol. The Kier molecular flexibility index (Phi) is 3.24. The topological polar surface area (TPSA) is 78.5 Å². The van der Waals surface area contributed by atoms with E-state index in [1.807, 2.05) is 0 Å². The van der Waals surface area contributed by atoms with Gasteiger partial charge in [-0.1, -0.05) is 18.7 Å². The lowest BCUT2D eigenvalue weighted by molar-refractivity contribution is -0.116. The fourth-order valence-corrected chi connectivity index (χ4v) is 3.00. The molecule has 0 unspecified atom stereocenters. The molecule has 18 heavy (non-hydrogen) atoms. The average molecular weight is 267 g/mol. The van der Waals surface area contributed by atoms with Gasteiger partial charge in [-0.25, -0.2) is 4.31 Å². The molecular weight excluding hydrogens is 254 g/mol. The summed E-state index contributed by atoms with van der Waals surface area (Å²) in [6, 6.07) is 6.92. The number of fused-ring (bicyclic) bond motifs is 1. The zero-order chi connectivity index (χ0) is 13.2. The summed E-state index contributed by atoms with van der Waals surface area (Å²) in [4.78, 5) is 11.0. The summed E-state index contributed by atoms with van der Waals surface area (Å²) in [7, 11) is -3.54. The van der Waals surface area contributed by atoms with Gasteiger partial charge < -0.3 is 5.32 Å². The van der Waals surface area contributed by atoms with E-state index in [9.17, 15) is 13.2 Å². The Morgan fingerprint density at radius 3 is 2.89 bits per heavy atom. The van der Waals surface area contributed by atoms with Gasteiger partial charge in [0.2, 0.25) is 5.91 Å². The van der Waals surface area contributed by atoms with Crippen LogP contribution in [0.4, 0.5) is 11.4 Å². The van der Waals surface area contributed by atoms with Crippen LogP contribution in [0.3, 0.4) is 0 Å². The highest BCUT2D eigenvalue weighted by molar-refractivity contribution is 7.94. The molecule has 1 heterocycles. The Balaban J connectivity index is 2.12. The number of nitrogens with zero attached hydrogens (tertiary/aromatic N) is 1. The third-order valence-corrected chi connectivity index (χ3v) is 3.94. The molecule has 0 aromatic heterocycles. The van der Waals surface area contributed by atoms with Crippen molar-refractivity contribution in [3.63, 3.8) is 0 Å². The molecule has 0 atom stereocenters. The van der Waals surface area contributed by atoms with Crippen LogP contribution in [-0.4, -0.2) is 27.4 Å². The van der Waals surface area contributed by atoms with E-state index in [2.05, 4.69) is 16.6 Å². The number of para-hydroxylation sites is 2. The number of hydrogen-bond acceptors (Lipinski definition) is 3. The Bertz CT molecular complexity index is 583. The van der Waals surface area contributed by atoms with Crippen LogP contribution in [0.1, 0.15) is 0 Å². The minimum atomic E-state index is -3.54. The Morgan fingerprint density at radius 2 is 2.17 bits per heavy atom. The first-order chi connectivity index (χ1) is 8.54. The highest BCUT2D eigenvalue weighted by Crippen LogP contribution is 2.34. The Morgan fingerprint density at radius 1 is 1.44 bits per heavy atom. The highest BCUT2D eigenvalue weighted by atomic mass is 32.2. The molecule has 0 bridgehead atoms. The van der Waals surface area contributed by atoms with Crippen molar-refractivity contribution < 1.29 is 13.2 Å². The summed E-state index contributed by atoms with van der Waals surface area (Å²) in [5.74, 6) is -0.326. The molecule has 2 N–H and O–H groups in total. The number of amides is 1. The van der Waals surface area contributed by atoms with Gasteiger partial charge in [-0.15, -0.1) is 0 Å². The molecular formula is C11H13N3O3S. The number of rotatable bonds is 4. The van der Waals surface area contributed by atoms with Gasteiger partial charge in [0.05, 0.1) is 17.9 Å². The highest BCUT2D eigenvalue weighted by Gasteiger charge is 2.31. The third-order valence-electron chi connectivity index (χ3n) is 2.50. The third kappa shape index (κ3) is 2.30. The first-order valence-electron chi connectivity index (χ1n) is 5.34. The average Bonchev–Trinajstić information content (AvgIpc) is 2.60. The van der Waals surface area contributed by atoms with Gasteiger partial charge in [0.1, 0.15) is 0 Å². The predicted octanol–water partition coefficient (Wildman–Crippen LogP) is 0.465. The van der Waals surface area contributed by atoms with Gasteiger partial charge in [-0.2, -0.15) is 8.42 Å². The quantitative estimate of drug-likeness (QED) is 0.778. The van der Waals surface area contributed by atoms with Crippen LogP contribution in [0.15, 0.2) is 36.9 Å². The van der Waals surface area contributed by atoms with E-state index >= 15 is 0 Å². The van der Waals surface area contributed by atoms with E-state index in [0.717, 1.165) is 6.08 Å². The lowest BCUT2D eigenvalue weighted by atomic mass is 10.3. The monoisotopic (exact) mass is 267 g/mol. The van der Waals surface area contributed by atoms with E-state index in [-0.39, 0.29) is 19.0 Å². The van der Waals surface area contributed by atoms with Gasteiger partial charge in [0.25, 0.3) is 0 Å². The van der Waals surface area contributed by atoms with Gasteiger partial charge in [-0.3, -0.25) is 9.52 Å². The van der Waals surface area contributed by atoms with Crippen LogP contribution >= 0.6 is 0 Å². The maximum absolute atomic E-state index is 11.8.